The van der Waals surface area contributed by atoms with Gasteiger partial charge in [0.15, 0.2) is 5.11 Å². The van der Waals surface area contributed by atoms with Crippen molar-refractivity contribution < 1.29 is 9.59 Å². The minimum absolute atomic E-state index is 0.0645. The molecule has 1 aliphatic carbocycles. The molecule has 1 saturated carbocycles. The van der Waals surface area contributed by atoms with Gasteiger partial charge in [0.05, 0.1) is 0 Å². The van der Waals surface area contributed by atoms with Gasteiger partial charge >= 0.3 is 0 Å². The average molecular weight is 291 g/mol. The minimum Gasteiger partial charge on any atom is -0.332 e. The molecule has 2 amide bonds. The predicted molar refractivity (Wildman–Crippen MR) is 82.6 cm³/mol. The van der Waals surface area contributed by atoms with Gasteiger partial charge < -0.3 is 16.0 Å². The molecule has 0 saturated heterocycles. The van der Waals surface area contributed by atoms with Crippen LogP contribution in [0.5, 0.6) is 0 Å². The first-order chi connectivity index (χ1) is 9.45. The normalized spacial score (nSPS) is 13.5. The molecule has 0 aromatic heterocycles. The highest BCUT2D eigenvalue weighted by Gasteiger charge is 2.29. The van der Waals surface area contributed by atoms with Gasteiger partial charge in [0.1, 0.15) is 0 Å². The number of rotatable bonds is 3. The van der Waals surface area contributed by atoms with Gasteiger partial charge in [0.2, 0.25) is 11.8 Å². The van der Waals surface area contributed by atoms with Crippen molar-refractivity contribution in [2.45, 2.75) is 26.7 Å². The summed E-state index contributed by atoms with van der Waals surface area (Å²) in [4.78, 5) is 22.7. The number of hydrogen-bond acceptors (Lipinski definition) is 3. The molecule has 1 aromatic rings. The number of hydrogen-bond donors (Lipinski definition) is 3. The molecule has 0 aliphatic heterocycles. The summed E-state index contributed by atoms with van der Waals surface area (Å²) in [6.45, 7) is 3.32. The highest BCUT2D eigenvalue weighted by Crippen LogP contribution is 2.31. The second-order valence-electron chi connectivity index (χ2n) is 4.93. The largest absolute Gasteiger partial charge is 0.332 e. The zero-order chi connectivity index (χ0) is 14.7. The molecule has 1 aromatic carbocycles. The van der Waals surface area contributed by atoms with E-state index in [-0.39, 0.29) is 22.8 Å². The van der Waals surface area contributed by atoms with E-state index in [1.54, 1.807) is 0 Å². The van der Waals surface area contributed by atoms with Crippen LogP contribution in [0.25, 0.3) is 0 Å². The molecule has 20 heavy (non-hydrogen) atoms. The van der Waals surface area contributed by atoms with E-state index < -0.39 is 0 Å². The SMILES string of the molecule is CC(=O)NC(=S)Nc1ccc(C)c(NC(=O)C2CC2)c1. The van der Waals surface area contributed by atoms with Crippen molar-refractivity contribution in [2.75, 3.05) is 10.6 Å². The number of nitrogens with one attached hydrogen (secondary N) is 3. The number of amides is 2. The van der Waals surface area contributed by atoms with Crippen LogP contribution in [0.15, 0.2) is 18.2 Å². The van der Waals surface area contributed by atoms with Crippen LogP contribution in [0.1, 0.15) is 25.3 Å². The highest BCUT2D eigenvalue weighted by molar-refractivity contribution is 7.80. The Morgan fingerprint density at radius 2 is 1.95 bits per heavy atom. The molecule has 6 heteroatoms. The zero-order valence-electron chi connectivity index (χ0n) is 11.4. The van der Waals surface area contributed by atoms with Crippen LogP contribution < -0.4 is 16.0 Å². The smallest absolute Gasteiger partial charge is 0.227 e. The average Bonchev–Trinajstić information content (AvgIpc) is 3.16. The monoisotopic (exact) mass is 291 g/mol. The fourth-order valence-electron chi connectivity index (χ4n) is 1.74. The third-order valence-corrected chi connectivity index (χ3v) is 3.20. The number of aryl methyl sites for hydroxylation is 1. The Morgan fingerprint density at radius 3 is 2.55 bits per heavy atom. The summed E-state index contributed by atoms with van der Waals surface area (Å²) in [6, 6.07) is 5.54. The summed E-state index contributed by atoms with van der Waals surface area (Å²) in [5.74, 6) is -0.00182. The predicted octanol–water partition coefficient (Wildman–Crippen LogP) is 2.18. The summed E-state index contributed by atoms with van der Waals surface area (Å²) >= 11 is 5.00. The first-order valence-corrected chi connectivity index (χ1v) is 6.86. The zero-order valence-corrected chi connectivity index (χ0v) is 12.3. The maximum Gasteiger partial charge on any atom is 0.227 e. The van der Waals surface area contributed by atoms with Crippen LogP contribution in [0.3, 0.4) is 0 Å². The van der Waals surface area contributed by atoms with Crippen molar-refractivity contribution in [3.63, 3.8) is 0 Å². The topological polar surface area (TPSA) is 70.2 Å². The van der Waals surface area contributed by atoms with Gasteiger partial charge in [-0.3, -0.25) is 9.59 Å². The summed E-state index contributed by atoms with van der Waals surface area (Å²) in [7, 11) is 0. The molecule has 0 heterocycles. The van der Waals surface area contributed by atoms with Crippen LogP contribution in [-0.2, 0) is 9.59 Å². The van der Waals surface area contributed by atoms with E-state index >= 15 is 0 Å². The lowest BCUT2D eigenvalue weighted by Gasteiger charge is -2.12. The van der Waals surface area contributed by atoms with Gasteiger partial charge in [-0.05, 0) is 49.7 Å². The summed E-state index contributed by atoms with van der Waals surface area (Å²) < 4.78 is 0. The first kappa shape index (κ1) is 14.5. The molecule has 0 radical (unpaired) electrons. The van der Waals surface area contributed by atoms with Crippen molar-refractivity contribution >= 4 is 40.5 Å². The Balaban J connectivity index is 2.05. The molecular formula is C14H17N3O2S. The van der Waals surface area contributed by atoms with E-state index in [4.69, 9.17) is 12.2 Å². The van der Waals surface area contributed by atoms with Crippen molar-refractivity contribution in [1.82, 2.24) is 5.32 Å². The van der Waals surface area contributed by atoms with Crippen LogP contribution >= 0.6 is 12.2 Å². The maximum absolute atomic E-state index is 11.8. The van der Waals surface area contributed by atoms with Gasteiger partial charge in [0, 0.05) is 24.2 Å². The molecule has 0 atom stereocenters. The quantitative estimate of drug-likeness (QED) is 0.747. The van der Waals surface area contributed by atoms with E-state index in [1.807, 2.05) is 25.1 Å². The van der Waals surface area contributed by atoms with Gasteiger partial charge in [-0.15, -0.1) is 0 Å². The summed E-state index contributed by atoms with van der Waals surface area (Å²) in [6.07, 6.45) is 1.94. The number of anilines is 2. The third-order valence-electron chi connectivity index (χ3n) is 2.99. The molecule has 1 aliphatic rings. The highest BCUT2D eigenvalue weighted by atomic mass is 32.1. The van der Waals surface area contributed by atoms with E-state index in [9.17, 15) is 9.59 Å². The van der Waals surface area contributed by atoms with E-state index in [1.165, 1.54) is 6.92 Å². The molecule has 5 nitrogen and oxygen atoms in total. The molecule has 3 N–H and O–H groups in total. The lowest BCUT2D eigenvalue weighted by Crippen LogP contribution is -2.32. The number of benzene rings is 1. The Morgan fingerprint density at radius 1 is 1.25 bits per heavy atom. The van der Waals surface area contributed by atoms with E-state index in [2.05, 4.69) is 16.0 Å². The Kier molecular flexibility index (Phi) is 4.34. The van der Waals surface area contributed by atoms with E-state index in [0.29, 0.717) is 0 Å². The van der Waals surface area contributed by atoms with Gasteiger partial charge in [-0.1, -0.05) is 6.07 Å². The van der Waals surface area contributed by atoms with Crippen molar-refractivity contribution in [3.8, 4) is 0 Å². The van der Waals surface area contributed by atoms with Gasteiger partial charge in [-0.25, -0.2) is 0 Å². The van der Waals surface area contributed by atoms with Crippen molar-refractivity contribution in [3.05, 3.63) is 23.8 Å². The molecular weight excluding hydrogens is 274 g/mol. The molecule has 0 bridgehead atoms. The van der Waals surface area contributed by atoms with Crippen molar-refractivity contribution in [2.24, 2.45) is 5.92 Å². The fraction of sp³-hybridized carbons (Fsp3) is 0.357. The van der Waals surface area contributed by atoms with Crippen molar-refractivity contribution in [1.29, 1.82) is 0 Å². The molecule has 2 rings (SSSR count). The first-order valence-electron chi connectivity index (χ1n) is 6.46. The second-order valence-corrected chi connectivity index (χ2v) is 5.34. The third kappa shape index (κ3) is 4.03. The molecule has 106 valence electrons. The minimum atomic E-state index is -0.225. The Labute approximate surface area is 123 Å². The summed E-state index contributed by atoms with van der Waals surface area (Å²) in [5, 5.41) is 8.55. The van der Waals surface area contributed by atoms with Crippen LogP contribution in [-0.4, -0.2) is 16.9 Å². The maximum atomic E-state index is 11.8. The van der Waals surface area contributed by atoms with Crippen LogP contribution in [0.4, 0.5) is 11.4 Å². The lowest BCUT2D eigenvalue weighted by atomic mass is 10.1. The van der Waals surface area contributed by atoms with Gasteiger partial charge in [-0.2, -0.15) is 0 Å². The molecule has 0 unspecified atom stereocenters. The van der Waals surface area contributed by atoms with Gasteiger partial charge in [0.25, 0.3) is 0 Å². The number of carbonyl (C=O) groups excluding carboxylic acids is 2. The molecule has 1 fully saturated rings. The number of carbonyl (C=O) groups is 2. The van der Waals surface area contributed by atoms with Crippen LogP contribution in [0.2, 0.25) is 0 Å². The fourth-order valence-corrected chi connectivity index (χ4v) is 2.00. The standard InChI is InChI=1S/C14H17N3O2S/c1-8-3-6-11(16-14(20)15-9(2)18)7-12(8)17-13(19)10-4-5-10/h3,6-7,10H,4-5H2,1-2H3,(H,17,19)(H2,15,16,18,20). The number of thiocarbonyl (C=S) groups is 1. The summed E-state index contributed by atoms with van der Waals surface area (Å²) in [5.41, 5.74) is 2.47. The van der Waals surface area contributed by atoms with Crippen LogP contribution in [0, 0.1) is 12.8 Å². The lowest BCUT2D eigenvalue weighted by molar-refractivity contribution is -0.118. The van der Waals surface area contributed by atoms with E-state index in [0.717, 1.165) is 29.8 Å². The second kappa shape index (κ2) is 6.00. The Hall–Kier alpha value is -1.95. The molecule has 0 spiro atoms. The Bertz CT molecular complexity index is 568.